The molecule has 0 spiro atoms. The summed E-state index contributed by atoms with van der Waals surface area (Å²) in [5.41, 5.74) is 2.73. The number of carbonyl (C=O) groups excluding carboxylic acids is 2. The summed E-state index contributed by atoms with van der Waals surface area (Å²) in [5, 5.41) is 2.88. The summed E-state index contributed by atoms with van der Waals surface area (Å²) >= 11 is 1.32. The minimum absolute atomic E-state index is 0.172. The van der Waals surface area contributed by atoms with Gasteiger partial charge in [-0.15, -0.1) is 11.3 Å². The second kappa shape index (κ2) is 9.98. The normalized spacial score (nSPS) is 10.6. The van der Waals surface area contributed by atoms with E-state index in [0.717, 1.165) is 23.3 Å². The van der Waals surface area contributed by atoms with Crippen LogP contribution in [0.15, 0.2) is 60.9 Å². The van der Waals surface area contributed by atoms with Crippen LogP contribution in [0.1, 0.15) is 35.5 Å². The summed E-state index contributed by atoms with van der Waals surface area (Å²) in [5.74, 6) is -0.618. The number of rotatable bonds is 8. The first-order chi connectivity index (χ1) is 14.1. The molecule has 1 aromatic carbocycles. The molecule has 0 atom stereocenters. The zero-order valence-electron chi connectivity index (χ0n) is 16.7. The Kier molecular flexibility index (Phi) is 7.14. The zero-order chi connectivity index (χ0) is 20.6. The van der Waals surface area contributed by atoms with Gasteiger partial charge in [0.15, 0.2) is 12.4 Å². The van der Waals surface area contributed by atoms with Crippen LogP contribution in [0.5, 0.6) is 0 Å². The number of pyridine rings is 1. The number of nitrogens with zero attached hydrogens (tertiary/aromatic N) is 1. The minimum atomic E-state index is -0.424. The van der Waals surface area contributed by atoms with Crippen LogP contribution < -0.4 is 9.88 Å². The lowest BCUT2D eigenvalue weighted by molar-refractivity contribution is -0.684. The Morgan fingerprint density at radius 3 is 2.45 bits per heavy atom. The Balaban J connectivity index is 1.78. The molecule has 3 aromatic rings. The summed E-state index contributed by atoms with van der Waals surface area (Å²) in [7, 11) is 0. The molecule has 0 saturated heterocycles. The molecule has 0 bridgehead atoms. The first kappa shape index (κ1) is 20.7. The molecule has 150 valence electrons. The number of hydrogen-bond acceptors (Lipinski definition) is 4. The van der Waals surface area contributed by atoms with Crippen LogP contribution in [0.25, 0.3) is 10.4 Å². The van der Waals surface area contributed by atoms with Crippen molar-refractivity contribution in [2.24, 2.45) is 0 Å². The second-order valence-electron chi connectivity index (χ2n) is 6.62. The van der Waals surface area contributed by atoms with Gasteiger partial charge in [0.1, 0.15) is 4.88 Å². The summed E-state index contributed by atoms with van der Waals surface area (Å²) < 4.78 is 6.99. The monoisotopic (exact) mass is 409 g/mol. The molecule has 0 aliphatic rings. The quantitative estimate of drug-likeness (QED) is 0.441. The number of esters is 1. The molecule has 1 N–H and O–H groups in total. The maximum absolute atomic E-state index is 12.6. The smallest absolute Gasteiger partial charge is 0.350 e. The lowest BCUT2D eigenvalue weighted by Crippen LogP contribution is -2.39. The number of aromatic nitrogens is 1. The third kappa shape index (κ3) is 5.51. The Morgan fingerprint density at radius 1 is 1.07 bits per heavy atom. The van der Waals surface area contributed by atoms with E-state index in [9.17, 15) is 9.59 Å². The van der Waals surface area contributed by atoms with Gasteiger partial charge in [0.2, 0.25) is 6.54 Å². The van der Waals surface area contributed by atoms with Crippen molar-refractivity contribution in [1.82, 2.24) is 0 Å². The lowest BCUT2D eigenvalue weighted by atomic mass is 10.1. The molecule has 0 radical (unpaired) electrons. The number of hydrogen-bond donors (Lipinski definition) is 1. The van der Waals surface area contributed by atoms with Gasteiger partial charge in [-0.2, -0.15) is 4.57 Å². The van der Waals surface area contributed by atoms with Crippen molar-refractivity contribution in [2.45, 2.75) is 33.2 Å². The van der Waals surface area contributed by atoms with Crippen LogP contribution >= 0.6 is 11.3 Å². The van der Waals surface area contributed by atoms with E-state index in [4.69, 9.17) is 4.74 Å². The fourth-order valence-electron chi connectivity index (χ4n) is 2.98. The maximum atomic E-state index is 12.6. The zero-order valence-corrected chi connectivity index (χ0v) is 17.5. The molecule has 0 fully saturated rings. The van der Waals surface area contributed by atoms with Gasteiger partial charge in [-0.05, 0) is 30.5 Å². The summed E-state index contributed by atoms with van der Waals surface area (Å²) in [6.07, 6.45) is 5.91. The highest BCUT2D eigenvalue weighted by atomic mass is 32.1. The van der Waals surface area contributed by atoms with E-state index in [0.29, 0.717) is 10.6 Å². The molecule has 5 nitrogen and oxygen atoms in total. The van der Waals surface area contributed by atoms with E-state index in [1.807, 2.05) is 65.5 Å². The molecular formula is C23H25N2O3S+. The first-order valence-corrected chi connectivity index (χ1v) is 10.6. The number of aryl methyl sites for hydroxylation is 1. The number of anilines is 1. The fourth-order valence-corrected chi connectivity index (χ4v) is 3.99. The molecule has 6 heteroatoms. The summed E-state index contributed by atoms with van der Waals surface area (Å²) in [4.78, 5) is 26.3. The summed E-state index contributed by atoms with van der Waals surface area (Å²) in [6.45, 7) is 4.36. The number of thiophene rings is 1. The molecular weight excluding hydrogens is 384 g/mol. The van der Waals surface area contributed by atoms with Crippen molar-refractivity contribution in [3.8, 4) is 10.4 Å². The highest BCUT2D eigenvalue weighted by Gasteiger charge is 2.21. The van der Waals surface area contributed by atoms with Gasteiger partial charge < -0.3 is 10.1 Å². The van der Waals surface area contributed by atoms with Crippen LogP contribution in [0, 0.1) is 0 Å². The Labute approximate surface area is 175 Å². The average molecular weight is 410 g/mol. The molecule has 2 aromatic heterocycles. The first-order valence-electron chi connectivity index (χ1n) is 9.75. The maximum Gasteiger partial charge on any atom is 0.350 e. The van der Waals surface area contributed by atoms with E-state index in [-0.39, 0.29) is 19.1 Å². The van der Waals surface area contributed by atoms with E-state index in [2.05, 4.69) is 12.2 Å². The molecule has 29 heavy (non-hydrogen) atoms. The van der Waals surface area contributed by atoms with Crippen molar-refractivity contribution in [3.63, 3.8) is 0 Å². The van der Waals surface area contributed by atoms with Gasteiger partial charge >= 0.3 is 5.97 Å². The summed E-state index contributed by atoms with van der Waals surface area (Å²) in [6, 6.07) is 15.7. The standard InChI is InChI=1S/C23H24N2O3S/c1-3-8-17-11-13-25(14-12-17)16-21(26)24-19-15-20(18-9-6-5-7-10-18)29-22(19)23(27)28-4-2/h5-7,9-15H,3-4,8,16H2,1-2H3/p+1. The minimum Gasteiger partial charge on any atom is -0.462 e. The van der Waals surface area contributed by atoms with E-state index >= 15 is 0 Å². The van der Waals surface area contributed by atoms with Crippen LogP contribution in [0.3, 0.4) is 0 Å². The SMILES string of the molecule is CCCc1cc[n+](CC(=O)Nc2cc(-c3ccccc3)sc2C(=O)OCC)cc1. The number of carbonyl (C=O) groups is 2. The molecule has 3 rings (SSSR count). The highest BCUT2D eigenvalue weighted by molar-refractivity contribution is 7.18. The topological polar surface area (TPSA) is 59.3 Å². The van der Waals surface area contributed by atoms with Crippen LogP contribution in [-0.4, -0.2) is 18.5 Å². The fraction of sp³-hybridized carbons (Fsp3) is 0.261. The number of ether oxygens (including phenoxy) is 1. The largest absolute Gasteiger partial charge is 0.462 e. The molecule has 0 aliphatic carbocycles. The van der Waals surface area contributed by atoms with Crippen LogP contribution in [0.4, 0.5) is 5.69 Å². The van der Waals surface area contributed by atoms with Crippen molar-refractivity contribution >= 4 is 28.9 Å². The lowest BCUT2D eigenvalue weighted by Gasteiger charge is -2.05. The number of benzene rings is 1. The van der Waals surface area contributed by atoms with E-state index in [1.165, 1.54) is 16.9 Å². The van der Waals surface area contributed by atoms with E-state index in [1.54, 1.807) is 6.92 Å². The third-order valence-corrected chi connectivity index (χ3v) is 5.51. The van der Waals surface area contributed by atoms with Crippen molar-refractivity contribution in [3.05, 3.63) is 71.4 Å². The van der Waals surface area contributed by atoms with Crippen LogP contribution in [0.2, 0.25) is 0 Å². The van der Waals surface area contributed by atoms with Gasteiger partial charge in [-0.3, -0.25) is 4.79 Å². The van der Waals surface area contributed by atoms with Gasteiger partial charge in [0, 0.05) is 17.0 Å². The Bertz CT molecular complexity index is 966. The molecule has 1 amide bonds. The molecule has 2 heterocycles. The van der Waals surface area contributed by atoms with Gasteiger partial charge in [0.25, 0.3) is 5.91 Å². The van der Waals surface area contributed by atoms with Gasteiger partial charge in [-0.25, -0.2) is 4.79 Å². The van der Waals surface area contributed by atoms with Gasteiger partial charge in [0.05, 0.1) is 12.3 Å². The predicted octanol–water partition coefficient (Wildman–Crippen LogP) is 4.47. The predicted molar refractivity (Wildman–Crippen MR) is 115 cm³/mol. The van der Waals surface area contributed by atoms with Crippen LogP contribution in [-0.2, 0) is 22.5 Å². The average Bonchev–Trinajstić information content (AvgIpc) is 3.14. The van der Waals surface area contributed by atoms with Crippen molar-refractivity contribution in [1.29, 1.82) is 0 Å². The number of nitrogens with one attached hydrogen (secondary N) is 1. The second-order valence-corrected chi connectivity index (χ2v) is 7.67. The number of amides is 1. The van der Waals surface area contributed by atoms with Gasteiger partial charge in [-0.1, -0.05) is 43.7 Å². The Morgan fingerprint density at radius 2 is 1.79 bits per heavy atom. The van der Waals surface area contributed by atoms with Crippen molar-refractivity contribution < 1.29 is 18.9 Å². The van der Waals surface area contributed by atoms with Crippen molar-refractivity contribution in [2.75, 3.05) is 11.9 Å². The third-order valence-electron chi connectivity index (χ3n) is 4.35. The molecule has 0 unspecified atom stereocenters. The molecule has 0 saturated carbocycles. The highest BCUT2D eigenvalue weighted by Crippen LogP contribution is 2.35. The van der Waals surface area contributed by atoms with E-state index < -0.39 is 5.97 Å². The molecule has 0 aliphatic heterocycles. The Hall–Kier alpha value is -2.99.